The molecule has 11 heteroatoms. The largest absolute Gasteiger partial charge is 0.516 e. The van der Waals surface area contributed by atoms with E-state index in [0.29, 0.717) is 12.8 Å². The highest BCUT2D eigenvalue weighted by atomic mass is 16.7. The molecule has 0 radical (unpaired) electrons. The van der Waals surface area contributed by atoms with Crippen molar-refractivity contribution in [1.82, 2.24) is 5.32 Å². The Balaban J connectivity index is 3.63. The number of carbonyl (C=O) groups is 3. The number of hydrogen-bond donors (Lipinski definition) is 6. The Morgan fingerprint density at radius 1 is 0.765 bits per heavy atom. The Bertz CT molecular complexity index is 572. The Kier molecular flexibility index (Phi) is 18.5. The van der Waals surface area contributed by atoms with Crippen molar-refractivity contribution in [1.29, 1.82) is 0 Å². The molecule has 0 unspecified atom stereocenters. The van der Waals surface area contributed by atoms with Crippen LogP contribution in [0.15, 0.2) is 0 Å². The first-order valence-corrected chi connectivity index (χ1v) is 12.1. The molecule has 1 amide bonds. The molecule has 0 heterocycles. The summed E-state index contributed by atoms with van der Waals surface area (Å²) in [6.07, 6.45) is 0.0118. The van der Waals surface area contributed by atoms with E-state index in [4.69, 9.17) is 9.84 Å². The highest BCUT2D eigenvalue weighted by molar-refractivity contribution is 5.81. The number of ether oxygens (including phenoxy) is 2. The fourth-order valence-corrected chi connectivity index (χ4v) is 3.01. The zero-order chi connectivity index (χ0) is 25.9. The van der Waals surface area contributed by atoms with Crippen molar-refractivity contribution in [2.24, 2.45) is 5.92 Å². The molecule has 0 aliphatic heterocycles. The average molecular weight is 494 g/mol. The number of amides is 1. The summed E-state index contributed by atoms with van der Waals surface area (Å²) >= 11 is 0. The molecule has 0 spiro atoms. The van der Waals surface area contributed by atoms with Crippen molar-refractivity contribution in [2.45, 2.75) is 102 Å². The summed E-state index contributed by atoms with van der Waals surface area (Å²) in [5.41, 5.74) is 0. The first-order chi connectivity index (χ1) is 16.1. The molecule has 4 atom stereocenters. The van der Waals surface area contributed by atoms with Gasteiger partial charge in [0.2, 0.25) is 5.91 Å². The van der Waals surface area contributed by atoms with E-state index in [1.54, 1.807) is 0 Å². The molecule has 0 aliphatic rings. The predicted octanol–water partition coefficient (Wildman–Crippen LogP) is 0.775. The molecule has 6 N–H and O–H groups in total. The lowest BCUT2D eigenvalue weighted by Crippen LogP contribution is -2.49. The van der Waals surface area contributed by atoms with Crippen LogP contribution in [0.25, 0.3) is 0 Å². The Morgan fingerprint density at radius 3 is 1.79 bits per heavy atom. The second-order valence-corrected chi connectivity index (χ2v) is 8.86. The van der Waals surface area contributed by atoms with Crippen LogP contribution in [0.2, 0.25) is 0 Å². The van der Waals surface area contributed by atoms with E-state index in [1.165, 1.54) is 0 Å². The molecular weight excluding hydrogens is 450 g/mol. The molecule has 0 rings (SSSR count). The first kappa shape index (κ1) is 32.2. The van der Waals surface area contributed by atoms with Gasteiger partial charge in [0.15, 0.2) is 0 Å². The maximum absolute atomic E-state index is 11.8. The topological polar surface area (TPSA) is 183 Å². The SMILES string of the molecule is CC(C)COC(=O)OC(=O)CCCCCCCCCCC(=O)NC[C@H](O)[C@@H](O)[C@H](O)[C@H](O)CO. The third-order valence-corrected chi connectivity index (χ3v) is 5.10. The molecule has 11 nitrogen and oxygen atoms in total. The predicted molar refractivity (Wildman–Crippen MR) is 123 cm³/mol. The van der Waals surface area contributed by atoms with Crippen LogP contribution in [-0.2, 0) is 19.1 Å². The van der Waals surface area contributed by atoms with E-state index in [-0.39, 0.29) is 37.8 Å². The van der Waals surface area contributed by atoms with Crippen LogP contribution in [0, 0.1) is 5.92 Å². The first-order valence-electron chi connectivity index (χ1n) is 12.1. The van der Waals surface area contributed by atoms with E-state index >= 15 is 0 Å². The molecule has 200 valence electrons. The van der Waals surface area contributed by atoms with Crippen molar-refractivity contribution in [3.05, 3.63) is 0 Å². The van der Waals surface area contributed by atoms with E-state index in [0.717, 1.165) is 38.5 Å². The third kappa shape index (κ3) is 16.8. The molecule has 0 aromatic rings. The number of unbranched alkanes of at least 4 members (excludes halogenated alkanes) is 7. The van der Waals surface area contributed by atoms with Gasteiger partial charge >= 0.3 is 12.1 Å². The van der Waals surface area contributed by atoms with Gasteiger partial charge in [0.25, 0.3) is 0 Å². The molecule has 0 aromatic heterocycles. The van der Waals surface area contributed by atoms with Crippen molar-refractivity contribution in [3.63, 3.8) is 0 Å². The van der Waals surface area contributed by atoms with E-state index in [1.807, 2.05) is 13.8 Å². The van der Waals surface area contributed by atoms with Crippen molar-refractivity contribution < 1.29 is 49.4 Å². The Morgan fingerprint density at radius 2 is 1.26 bits per heavy atom. The van der Waals surface area contributed by atoms with Crippen molar-refractivity contribution in [2.75, 3.05) is 19.8 Å². The maximum Gasteiger partial charge on any atom is 0.516 e. The second kappa shape index (κ2) is 19.5. The van der Waals surface area contributed by atoms with E-state index < -0.39 is 43.1 Å². The summed E-state index contributed by atoms with van der Waals surface area (Å²) in [5, 5.41) is 49.4. The van der Waals surface area contributed by atoms with E-state index in [9.17, 15) is 34.8 Å². The summed E-state index contributed by atoms with van der Waals surface area (Å²) in [6.45, 7) is 2.95. The number of aliphatic hydroxyl groups excluding tert-OH is 5. The van der Waals surface area contributed by atoms with E-state index in [2.05, 4.69) is 10.1 Å². The monoisotopic (exact) mass is 493 g/mol. The van der Waals surface area contributed by atoms with Gasteiger partial charge in [-0.05, 0) is 18.8 Å². The molecular formula is C23H43NO10. The quantitative estimate of drug-likeness (QED) is 0.0854. The van der Waals surface area contributed by atoms with Gasteiger partial charge in [0.1, 0.15) is 18.3 Å². The molecule has 0 aliphatic carbocycles. The van der Waals surface area contributed by atoms with Crippen LogP contribution >= 0.6 is 0 Å². The summed E-state index contributed by atoms with van der Waals surface area (Å²) < 4.78 is 9.35. The zero-order valence-electron chi connectivity index (χ0n) is 20.4. The highest BCUT2D eigenvalue weighted by Crippen LogP contribution is 2.11. The van der Waals surface area contributed by atoms with Crippen LogP contribution in [0.1, 0.15) is 78.1 Å². The Labute approximate surface area is 201 Å². The number of carbonyl (C=O) groups excluding carboxylic acids is 3. The van der Waals surface area contributed by atoms with Crippen molar-refractivity contribution in [3.8, 4) is 0 Å². The maximum atomic E-state index is 11.8. The lowest BCUT2D eigenvalue weighted by molar-refractivity contribution is -0.140. The molecule has 0 bridgehead atoms. The van der Waals surface area contributed by atoms with Gasteiger partial charge in [-0.1, -0.05) is 52.4 Å². The average Bonchev–Trinajstić information content (AvgIpc) is 2.80. The fraction of sp³-hybridized carbons (Fsp3) is 0.870. The molecule has 34 heavy (non-hydrogen) atoms. The van der Waals surface area contributed by atoms with Crippen LogP contribution in [-0.4, -0.2) is 87.7 Å². The number of aliphatic hydroxyl groups is 5. The Hall–Kier alpha value is -1.79. The number of rotatable bonds is 19. The summed E-state index contributed by atoms with van der Waals surface area (Å²) in [6, 6.07) is 0. The normalized spacial score (nSPS) is 14.8. The van der Waals surface area contributed by atoms with Gasteiger partial charge in [0, 0.05) is 19.4 Å². The van der Waals surface area contributed by atoms with Crippen LogP contribution in [0.5, 0.6) is 0 Å². The number of hydrogen-bond acceptors (Lipinski definition) is 10. The number of esters is 1. The van der Waals surface area contributed by atoms with Gasteiger partial charge in [0.05, 0.1) is 19.3 Å². The van der Waals surface area contributed by atoms with Gasteiger partial charge in [-0.3, -0.25) is 9.59 Å². The fourth-order valence-electron chi connectivity index (χ4n) is 3.01. The van der Waals surface area contributed by atoms with Gasteiger partial charge in [-0.2, -0.15) is 0 Å². The number of nitrogens with one attached hydrogen (secondary N) is 1. The minimum absolute atomic E-state index is 0.175. The summed E-state index contributed by atoms with van der Waals surface area (Å²) in [7, 11) is 0. The second-order valence-electron chi connectivity index (χ2n) is 8.86. The minimum atomic E-state index is -1.72. The molecule has 0 aromatic carbocycles. The van der Waals surface area contributed by atoms with Crippen molar-refractivity contribution >= 4 is 18.0 Å². The minimum Gasteiger partial charge on any atom is -0.434 e. The van der Waals surface area contributed by atoms with Gasteiger partial charge < -0.3 is 40.3 Å². The van der Waals surface area contributed by atoms with Gasteiger partial charge in [-0.15, -0.1) is 0 Å². The molecule has 0 saturated heterocycles. The third-order valence-electron chi connectivity index (χ3n) is 5.10. The summed E-state index contributed by atoms with van der Waals surface area (Å²) in [4.78, 5) is 34.6. The standard InChI is InChI=1S/C23H43NO10/c1-16(2)15-33-23(32)34-20(29)12-10-8-6-4-3-5-7-9-11-19(28)24-13-17(26)21(30)22(31)18(27)14-25/h16-18,21-22,25-27,30-31H,3-15H2,1-2H3,(H,24,28)/t17-,18+,21+,22+/m0/s1. The van der Waals surface area contributed by atoms with Crippen LogP contribution in [0.3, 0.4) is 0 Å². The zero-order valence-corrected chi connectivity index (χ0v) is 20.4. The molecule has 0 saturated carbocycles. The molecule has 0 fully saturated rings. The van der Waals surface area contributed by atoms with Crippen LogP contribution in [0.4, 0.5) is 4.79 Å². The van der Waals surface area contributed by atoms with Gasteiger partial charge in [-0.25, -0.2) is 4.79 Å². The van der Waals surface area contributed by atoms with Crippen LogP contribution < -0.4 is 5.32 Å². The smallest absolute Gasteiger partial charge is 0.434 e. The highest BCUT2D eigenvalue weighted by Gasteiger charge is 2.30. The lowest BCUT2D eigenvalue weighted by Gasteiger charge is -2.25. The summed E-state index contributed by atoms with van der Waals surface area (Å²) in [5.74, 6) is -0.689. The lowest BCUT2D eigenvalue weighted by atomic mass is 10.0.